The number of ether oxygens (including phenoxy) is 2. The van der Waals surface area contributed by atoms with Gasteiger partial charge in [0.1, 0.15) is 0 Å². The molecule has 0 radical (unpaired) electrons. The van der Waals surface area contributed by atoms with Crippen LogP contribution in [-0.2, 0) is 9.47 Å². The number of hydrogen-bond acceptors (Lipinski definition) is 3. The zero-order valence-electron chi connectivity index (χ0n) is 14.4. The van der Waals surface area contributed by atoms with E-state index in [-0.39, 0.29) is 5.92 Å². The predicted octanol–water partition coefficient (Wildman–Crippen LogP) is 4.13. The molecule has 3 rings (SSSR count). The lowest BCUT2D eigenvalue weighted by atomic mass is 9.66. The van der Waals surface area contributed by atoms with Gasteiger partial charge < -0.3 is 14.6 Å². The van der Waals surface area contributed by atoms with E-state index in [9.17, 15) is 5.11 Å². The van der Waals surface area contributed by atoms with E-state index in [4.69, 9.17) is 9.47 Å². The monoisotopic (exact) mass is 310 g/mol. The van der Waals surface area contributed by atoms with Gasteiger partial charge in [0.2, 0.25) is 0 Å². The van der Waals surface area contributed by atoms with Crippen molar-refractivity contribution in [2.75, 3.05) is 6.61 Å². The smallest absolute Gasteiger partial charge is 0.157 e. The summed E-state index contributed by atoms with van der Waals surface area (Å²) in [4.78, 5) is 0. The summed E-state index contributed by atoms with van der Waals surface area (Å²) in [7, 11) is 0. The molecule has 3 nitrogen and oxygen atoms in total. The third-order valence-electron chi connectivity index (χ3n) is 6.54. The molecule has 0 aromatic heterocycles. The van der Waals surface area contributed by atoms with Crippen LogP contribution in [-0.4, -0.2) is 30.2 Å². The van der Waals surface area contributed by atoms with Crippen molar-refractivity contribution in [2.24, 2.45) is 23.7 Å². The fourth-order valence-corrected chi connectivity index (χ4v) is 5.03. The van der Waals surface area contributed by atoms with Gasteiger partial charge in [0.25, 0.3) is 0 Å². The molecule has 1 heterocycles. The van der Waals surface area contributed by atoms with Crippen molar-refractivity contribution in [1.82, 2.24) is 0 Å². The van der Waals surface area contributed by atoms with Crippen molar-refractivity contribution >= 4 is 0 Å². The second-order valence-corrected chi connectivity index (χ2v) is 8.03. The molecular weight excluding hydrogens is 276 g/mol. The minimum absolute atomic E-state index is 0.227. The van der Waals surface area contributed by atoms with Crippen LogP contribution in [0, 0.1) is 23.7 Å². The van der Waals surface area contributed by atoms with E-state index in [2.05, 4.69) is 13.8 Å². The minimum atomic E-state index is -0.590. The van der Waals surface area contributed by atoms with Gasteiger partial charge in [0, 0.05) is 5.92 Å². The topological polar surface area (TPSA) is 38.7 Å². The van der Waals surface area contributed by atoms with Crippen molar-refractivity contribution < 1.29 is 14.6 Å². The number of aliphatic hydroxyl groups is 1. The first-order valence-corrected chi connectivity index (χ1v) is 9.60. The minimum Gasteiger partial charge on any atom is -0.378 e. The number of rotatable bonds is 4. The maximum Gasteiger partial charge on any atom is 0.157 e. The van der Waals surface area contributed by atoms with Crippen molar-refractivity contribution in [2.45, 2.75) is 90.1 Å². The summed E-state index contributed by atoms with van der Waals surface area (Å²) in [5.41, 5.74) is 0. The van der Waals surface area contributed by atoms with Crippen LogP contribution in [0.15, 0.2) is 0 Å². The van der Waals surface area contributed by atoms with E-state index in [1.165, 1.54) is 44.9 Å². The highest BCUT2D eigenvalue weighted by Gasteiger charge is 2.40. The van der Waals surface area contributed by atoms with Crippen LogP contribution in [0.25, 0.3) is 0 Å². The second kappa shape index (κ2) is 7.63. The van der Waals surface area contributed by atoms with Gasteiger partial charge in [-0.25, -0.2) is 0 Å². The fraction of sp³-hybridized carbons (Fsp3) is 1.00. The van der Waals surface area contributed by atoms with Gasteiger partial charge in [-0.2, -0.15) is 0 Å². The summed E-state index contributed by atoms with van der Waals surface area (Å²) in [6.45, 7) is 5.28. The quantitative estimate of drug-likeness (QED) is 0.793. The molecular formula is C19H34O3. The van der Waals surface area contributed by atoms with E-state index in [1.54, 1.807) is 0 Å². The fourth-order valence-electron chi connectivity index (χ4n) is 5.03. The normalized spacial score (nSPS) is 40.0. The number of hydrogen-bond donors (Lipinski definition) is 1. The molecule has 3 fully saturated rings. The van der Waals surface area contributed by atoms with Crippen LogP contribution < -0.4 is 0 Å². The van der Waals surface area contributed by atoms with Crippen LogP contribution in [0.3, 0.4) is 0 Å². The number of aliphatic hydroxyl groups excluding tert-OH is 1. The first kappa shape index (κ1) is 16.7. The third-order valence-corrected chi connectivity index (χ3v) is 6.54. The number of fused-ring (bicyclic) bond motifs is 1. The highest BCUT2D eigenvalue weighted by molar-refractivity contribution is 4.88. The molecule has 3 heteroatoms. The summed E-state index contributed by atoms with van der Waals surface area (Å²) < 4.78 is 12.0. The highest BCUT2D eigenvalue weighted by atomic mass is 16.6. The summed E-state index contributed by atoms with van der Waals surface area (Å²) in [6, 6.07) is 0. The molecule has 0 aromatic carbocycles. The van der Waals surface area contributed by atoms with E-state index in [0.29, 0.717) is 24.0 Å². The van der Waals surface area contributed by atoms with Gasteiger partial charge in [-0.1, -0.05) is 32.6 Å². The predicted molar refractivity (Wildman–Crippen MR) is 87.5 cm³/mol. The molecule has 1 aliphatic heterocycles. The zero-order chi connectivity index (χ0) is 15.5. The lowest BCUT2D eigenvalue weighted by Gasteiger charge is -2.41. The Bertz CT molecular complexity index is 340. The van der Waals surface area contributed by atoms with E-state index < -0.39 is 6.29 Å². The SMILES string of the molecule is CC1CC[C@H]2CCC[C@@H]([C@@H](C)[C@H](O)OC3CCCC3)C2CO1. The first-order chi connectivity index (χ1) is 10.6. The van der Waals surface area contributed by atoms with Crippen LogP contribution in [0.5, 0.6) is 0 Å². The zero-order valence-corrected chi connectivity index (χ0v) is 14.4. The molecule has 0 spiro atoms. The maximum absolute atomic E-state index is 10.6. The Kier molecular flexibility index (Phi) is 5.80. The Morgan fingerprint density at radius 3 is 2.55 bits per heavy atom. The van der Waals surface area contributed by atoms with Crippen molar-refractivity contribution in [3.8, 4) is 0 Å². The van der Waals surface area contributed by atoms with Crippen LogP contribution in [0.2, 0.25) is 0 Å². The standard InChI is InChI=1S/C19H34O3/c1-13-10-11-15-6-5-9-17(18(15)12-21-13)14(2)19(20)22-16-7-3-4-8-16/h13-20H,3-12H2,1-2H3/t13?,14-,15-,17+,18?,19-/m1/s1. The lowest BCUT2D eigenvalue weighted by molar-refractivity contribution is -0.180. The third kappa shape index (κ3) is 3.85. The summed E-state index contributed by atoms with van der Waals surface area (Å²) in [5.74, 6) is 2.20. The second-order valence-electron chi connectivity index (χ2n) is 8.03. The Labute approximate surface area is 135 Å². The summed E-state index contributed by atoms with van der Waals surface area (Å²) >= 11 is 0. The van der Waals surface area contributed by atoms with E-state index >= 15 is 0 Å². The van der Waals surface area contributed by atoms with Gasteiger partial charge in [0.05, 0.1) is 18.8 Å². The Hall–Kier alpha value is -0.120. The molecule has 0 bridgehead atoms. The summed E-state index contributed by atoms with van der Waals surface area (Å²) in [6.07, 6.45) is 11.3. The molecule has 3 aliphatic rings. The first-order valence-electron chi connectivity index (χ1n) is 9.60. The van der Waals surface area contributed by atoms with Crippen LogP contribution in [0.4, 0.5) is 0 Å². The molecule has 2 unspecified atom stereocenters. The average Bonchev–Trinajstić information content (AvgIpc) is 2.95. The average molecular weight is 310 g/mol. The lowest BCUT2D eigenvalue weighted by Crippen LogP contribution is -2.40. The Morgan fingerprint density at radius 2 is 1.77 bits per heavy atom. The van der Waals surface area contributed by atoms with E-state index in [0.717, 1.165) is 25.4 Å². The maximum atomic E-state index is 10.6. The molecule has 1 N–H and O–H groups in total. The molecule has 22 heavy (non-hydrogen) atoms. The van der Waals surface area contributed by atoms with Crippen molar-refractivity contribution in [3.05, 3.63) is 0 Å². The highest BCUT2D eigenvalue weighted by Crippen LogP contribution is 2.44. The van der Waals surface area contributed by atoms with Gasteiger partial charge in [-0.3, -0.25) is 0 Å². The van der Waals surface area contributed by atoms with E-state index in [1.807, 2.05) is 0 Å². The van der Waals surface area contributed by atoms with Gasteiger partial charge in [-0.05, 0) is 56.8 Å². The molecule has 2 saturated carbocycles. The molecule has 0 amide bonds. The largest absolute Gasteiger partial charge is 0.378 e. The van der Waals surface area contributed by atoms with Gasteiger partial charge in [-0.15, -0.1) is 0 Å². The van der Waals surface area contributed by atoms with Crippen molar-refractivity contribution in [3.63, 3.8) is 0 Å². The van der Waals surface area contributed by atoms with Gasteiger partial charge >= 0.3 is 0 Å². The van der Waals surface area contributed by atoms with Crippen LogP contribution in [0.1, 0.15) is 71.6 Å². The molecule has 0 aromatic rings. The molecule has 2 aliphatic carbocycles. The van der Waals surface area contributed by atoms with Gasteiger partial charge in [0.15, 0.2) is 6.29 Å². The van der Waals surface area contributed by atoms with Crippen molar-refractivity contribution in [1.29, 1.82) is 0 Å². The van der Waals surface area contributed by atoms with Crippen LogP contribution >= 0.6 is 0 Å². The molecule has 128 valence electrons. The Morgan fingerprint density at radius 1 is 1.00 bits per heavy atom. The molecule has 6 atom stereocenters. The summed E-state index contributed by atoms with van der Waals surface area (Å²) in [5, 5.41) is 10.6. The molecule has 1 saturated heterocycles. The Balaban J connectivity index is 1.60.